The summed E-state index contributed by atoms with van der Waals surface area (Å²) < 4.78 is 14.1. The third-order valence-corrected chi connectivity index (χ3v) is 4.42. The number of hydrogen-bond acceptors (Lipinski definition) is 5. The van der Waals surface area contributed by atoms with Crippen LogP contribution in [0.15, 0.2) is 28.4 Å². The molecule has 24 heavy (non-hydrogen) atoms. The SMILES string of the molecule is CC(C)(C)c1ccc(/C=N/N=C2\NC(=O)C(CC(=O)O)S2)c(F)c1. The summed E-state index contributed by atoms with van der Waals surface area (Å²) in [4.78, 5) is 22.2. The van der Waals surface area contributed by atoms with Gasteiger partial charge in [0.2, 0.25) is 5.91 Å². The van der Waals surface area contributed by atoms with Gasteiger partial charge in [-0.1, -0.05) is 44.7 Å². The van der Waals surface area contributed by atoms with E-state index in [1.165, 1.54) is 12.3 Å². The Balaban J connectivity index is 2.07. The minimum absolute atomic E-state index is 0.152. The Kier molecular flexibility index (Phi) is 5.38. The van der Waals surface area contributed by atoms with Gasteiger partial charge in [-0.2, -0.15) is 5.10 Å². The molecule has 8 heteroatoms. The number of amidine groups is 1. The van der Waals surface area contributed by atoms with Crippen LogP contribution in [-0.4, -0.2) is 33.6 Å². The molecule has 1 aromatic rings. The first-order valence-electron chi connectivity index (χ1n) is 7.27. The number of halogens is 1. The lowest BCUT2D eigenvalue weighted by Crippen LogP contribution is -2.26. The normalized spacial score (nSPS) is 19.9. The molecule has 6 nitrogen and oxygen atoms in total. The molecule has 0 radical (unpaired) electrons. The fourth-order valence-electron chi connectivity index (χ4n) is 1.99. The monoisotopic (exact) mass is 351 g/mol. The molecule has 1 aromatic carbocycles. The fourth-order valence-corrected chi connectivity index (χ4v) is 2.90. The summed E-state index contributed by atoms with van der Waals surface area (Å²) in [6, 6.07) is 4.91. The number of amides is 1. The number of aliphatic carboxylic acids is 1. The smallest absolute Gasteiger partial charge is 0.305 e. The highest BCUT2D eigenvalue weighted by atomic mass is 32.2. The van der Waals surface area contributed by atoms with Crippen LogP contribution in [0.5, 0.6) is 0 Å². The number of nitrogens with one attached hydrogen (secondary N) is 1. The molecule has 1 aliphatic rings. The zero-order valence-electron chi connectivity index (χ0n) is 13.5. The second kappa shape index (κ2) is 7.12. The number of rotatable bonds is 4. The summed E-state index contributed by atoms with van der Waals surface area (Å²) in [5.41, 5.74) is 1.00. The van der Waals surface area contributed by atoms with Crippen molar-refractivity contribution in [3.05, 3.63) is 35.1 Å². The van der Waals surface area contributed by atoms with E-state index >= 15 is 0 Å². The van der Waals surface area contributed by atoms with E-state index in [0.717, 1.165) is 17.3 Å². The summed E-state index contributed by atoms with van der Waals surface area (Å²) in [6.45, 7) is 5.99. The quantitative estimate of drug-likeness (QED) is 0.644. The molecule has 128 valence electrons. The van der Waals surface area contributed by atoms with Crippen LogP contribution in [-0.2, 0) is 15.0 Å². The number of nitrogens with zero attached hydrogens (tertiary/aromatic N) is 2. The predicted molar refractivity (Wildman–Crippen MR) is 91.9 cm³/mol. The Morgan fingerprint density at radius 2 is 2.17 bits per heavy atom. The van der Waals surface area contributed by atoms with E-state index in [1.54, 1.807) is 6.07 Å². The van der Waals surface area contributed by atoms with Gasteiger partial charge in [0.05, 0.1) is 12.6 Å². The van der Waals surface area contributed by atoms with Crippen LogP contribution in [0.4, 0.5) is 4.39 Å². The largest absolute Gasteiger partial charge is 0.481 e. The first-order valence-corrected chi connectivity index (χ1v) is 8.15. The van der Waals surface area contributed by atoms with Crippen molar-refractivity contribution in [3.63, 3.8) is 0 Å². The van der Waals surface area contributed by atoms with Crippen LogP contribution >= 0.6 is 11.8 Å². The van der Waals surface area contributed by atoms with Gasteiger partial charge in [0.1, 0.15) is 11.1 Å². The zero-order chi connectivity index (χ0) is 17.9. The van der Waals surface area contributed by atoms with Crippen LogP contribution < -0.4 is 5.32 Å². The average molecular weight is 351 g/mol. The number of hydrogen-bond donors (Lipinski definition) is 2. The molecule has 1 unspecified atom stereocenters. The van der Waals surface area contributed by atoms with Crippen LogP contribution in [0.1, 0.15) is 38.3 Å². The van der Waals surface area contributed by atoms with Crippen molar-refractivity contribution in [1.82, 2.24) is 5.32 Å². The number of carboxylic acids is 1. The highest BCUT2D eigenvalue weighted by Gasteiger charge is 2.32. The second-order valence-corrected chi connectivity index (χ2v) is 7.52. The molecule has 1 amide bonds. The molecule has 1 atom stereocenters. The first-order chi connectivity index (χ1) is 11.2. The molecule has 1 aliphatic heterocycles. The number of benzene rings is 1. The molecule has 2 N–H and O–H groups in total. The zero-order valence-corrected chi connectivity index (χ0v) is 14.4. The Morgan fingerprint density at radius 3 is 2.75 bits per heavy atom. The summed E-state index contributed by atoms with van der Waals surface area (Å²) in [6.07, 6.45) is 0.966. The summed E-state index contributed by atoms with van der Waals surface area (Å²) in [5.74, 6) is -1.89. The first kappa shape index (κ1) is 18.1. The van der Waals surface area contributed by atoms with Gasteiger partial charge in [0.15, 0.2) is 5.17 Å². The highest BCUT2D eigenvalue weighted by Crippen LogP contribution is 2.24. The van der Waals surface area contributed by atoms with E-state index in [4.69, 9.17) is 5.11 Å². The standard InChI is InChI=1S/C16H18FN3O3S/c1-16(2,3)10-5-4-9(11(17)6-10)8-18-20-15-19-14(23)12(24-15)7-13(21)22/h4-6,8,12H,7H2,1-3H3,(H,21,22)(H,19,20,23)/b18-8+. The van der Waals surface area contributed by atoms with Crippen molar-refractivity contribution in [1.29, 1.82) is 0 Å². The van der Waals surface area contributed by atoms with Gasteiger partial charge in [0, 0.05) is 5.56 Å². The van der Waals surface area contributed by atoms with Gasteiger partial charge < -0.3 is 10.4 Å². The maximum absolute atomic E-state index is 14.1. The molecule has 1 saturated heterocycles. The minimum Gasteiger partial charge on any atom is -0.481 e. The highest BCUT2D eigenvalue weighted by molar-refractivity contribution is 8.15. The van der Waals surface area contributed by atoms with Gasteiger partial charge in [-0.15, -0.1) is 5.10 Å². The molecule has 0 aromatic heterocycles. The van der Waals surface area contributed by atoms with Crippen molar-refractivity contribution >= 4 is 35.0 Å². The lowest BCUT2D eigenvalue weighted by atomic mass is 9.86. The van der Waals surface area contributed by atoms with Crippen molar-refractivity contribution in [2.45, 2.75) is 37.9 Å². The summed E-state index contributed by atoms with van der Waals surface area (Å²) in [5, 5.41) is 18.2. The second-order valence-electron chi connectivity index (χ2n) is 6.33. The van der Waals surface area contributed by atoms with E-state index in [-0.39, 0.29) is 22.6 Å². The lowest BCUT2D eigenvalue weighted by molar-refractivity contribution is -0.138. The van der Waals surface area contributed by atoms with E-state index in [1.807, 2.05) is 26.8 Å². The average Bonchev–Trinajstić information content (AvgIpc) is 2.79. The van der Waals surface area contributed by atoms with Crippen molar-refractivity contribution < 1.29 is 19.1 Å². The van der Waals surface area contributed by atoms with E-state index < -0.39 is 22.9 Å². The molecule has 2 rings (SSSR count). The third-order valence-electron chi connectivity index (χ3n) is 3.35. The maximum Gasteiger partial charge on any atom is 0.305 e. The molecular weight excluding hydrogens is 333 g/mol. The number of thioether (sulfide) groups is 1. The lowest BCUT2D eigenvalue weighted by Gasteiger charge is -2.19. The molecule has 1 fully saturated rings. The predicted octanol–water partition coefficient (Wildman–Crippen LogP) is 2.52. The molecule has 0 bridgehead atoms. The molecular formula is C16H18FN3O3S. The Bertz CT molecular complexity index is 726. The van der Waals surface area contributed by atoms with E-state index in [9.17, 15) is 14.0 Å². The van der Waals surface area contributed by atoms with Crippen LogP contribution in [0.2, 0.25) is 0 Å². The van der Waals surface area contributed by atoms with Gasteiger partial charge >= 0.3 is 5.97 Å². The van der Waals surface area contributed by atoms with Gasteiger partial charge in [-0.25, -0.2) is 4.39 Å². The fraction of sp³-hybridized carbons (Fsp3) is 0.375. The molecule has 0 aliphatic carbocycles. The summed E-state index contributed by atoms with van der Waals surface area (Å²) in [7, 11) is 0. The van der Waals surface area contributed by atoms with Crippen molar-refractivity contribution in [2.24, 2.45) is 10.2 Å². The number of carboxylic acid groups (broad SMARTS) is 1. The Morgan fingerprint density at radius 1 is 1.46 bits per heavy atom. The molecule has 0 spiro atoms. The molecule has 0 saturated carbocycles. The number of carbonyl (C=O) groups excluding carboxylic acids is 1. The van der Waals surface area contributed by atoms with Gasteiger partial charge in [-0.05, 0) is 17.0 Å². The van der Waals surface area contributed by atoms with Crippen molar-refractivity contribution in [3.8, 4) is 0 Å². The van der Waals surface area contributed by atoms with E-state index in [0.29, 0.717) is 0 Å². The molecule has 1 heterocycles. The summed E-state index contributed by atoms with van der Waals surface area (Å²) >= 11 is 0.993. The maximum atomic E-state index is 14.1. The minimum atomic E-state index is -1.06. The van der Waals surface area contributed by atoms with Crippen LogP contribution in [0, 0.1) is 5.82 Å². The Labute approximate surface area is 143 Å². The third kappa shape index (κ3) is 4.64. The number of carbonyl (C=O) groups is 2. The topological polar surface area (TPSA) is 91.1 Å². The van der Waals surface area contributed by atoms with Crippen LogP contribution in [0.3, 0.4) is 0 Å². The van der Waals surface area contributed by atoms with Crippen molar-refractivity contribution in [2.75, 3.05) is 0 Å². The van der Waals surface area contributed by atoms with Crippen LogP contribution in [0.25, 0.3) is 0 Å². The van der Waals surface area contributed by atoms with Gasteiger partial charge in [-0.3, -0.25) is 9.59 Å². The van der Waals surface area contributed by atoms with E-state index in [2.05, 4.69) is 15.5 Å². The van der Waals surface area contributed by atoms with Gasteiger partial charge in [0.25, 0.3) is 0 Å². The Hall–Kier alpha value is -2.22.